The van der Waals surface area contributed by atoms with Crippen molar-refractivity contribution in [2.24, 2.45) is 0 Å². The van der Waals surface area contributed by atoms with Crippen molar-refractivity contribution in [2.45, 2.75) is 60.0 Å². The van der Waals surface area contributed by atoms with Crippen LogP contribution in [-0.2, 0) is 6.42 Å². The lowest BCUT2D eigenvalue weighted by Crippen LogP contribution is -2.52. The number of rotatable bonds is 6. The molecule has 1 saturated heterocycles. The van der Waals surface area contributed by atoms with Crippen LogP contribution in [0.15, 0.2) is 24.3 Å². The highest BCUT2D eigenvalue weighted by Gasteiger charge is 2.24. The average molecular weight is 403 g/mol. The van der Waals surface area contributed by atoms with E-state index in [1.807, 2.05) is 0 Å². The Morgan fingerprint density at radius 2 is 1.31 bits per heavy atom. The fraction of sp³-hybridized carbons (Fsp3) is 0.760. The van der Waals surface area contributed by atoms with Gasteiger partial charge in [-0.25, -0.2) is 0 Å². The number of aryl methyl sites for hydroxylation is 1. The molecule has 2 rings (SSSR count). The smallest absolute Gasteiger partial charge is 0.0263 e. The predicted octanol–water partition coefficient (Wildman–Crippen LogP) is 3.60. The highest BCUT2D eigenvalue weighted by molar-refractivity contribution is 5.22. The van der Waals surface area contributed by atoms with Gasteiger partial charge in [-0.15, -0.1) is 0 Å². The Kier molecular flexibility index (Phi) is 10.6. The van der Waals surface area contributed by atoms with E-state index in [1.54, 1.807) is 0 Å². The summed E-state index contributed by atoms with van der Waals surface area (Å²) < 4.78 is 0. The van der Waals surface area contributed by atoms with E-state index in [0.717, 1.165) is 39.1 Å². The van der Waals surface area contributed by atoms with Gasteiger partial charge in [0.2, 0.25) is 0 Å². The van der Waals surface area contributed by atoms with E-state index in [9.17, 15) is 0 Å². The summed E-state index contributed by atoms with van der Waals surface area (Å²) in [4.78, 5) is 10.7. The molecule has 1 fully saturated rings. The molecule has 4 nitrogen and oxygen atoms in total. The van der Waals surface area contributed by atoms with Crippen LogP contribution in [0.3, 0.4) is 0 Å². The molecule has 0 aliphatic carbocycles. The van der Waals surface area contributed by atoms with Crippen molar-refractivity contribution in [1.82, 2.24) is 19.6 Å². The second-order valence-corrected chi connectivity index (χ2v) is 8.74. The van der Waals surface area contributed by atoms with E-state index in [1.165, 1.54) is 43.9 Å². The van der Waals surface area contributed by atoms with Crippen molar-refractivity contribution in [3.05, 3.63) is 35.4 Å². The van der Waals surface area contributed by atoms with Crippen LogP contribution < -0.4 is 0 Å². The number of hydrogen-bond acceptors (Lipinski definition) is 4. The summed E-state index contributed by atoms with van der Waals surface area (Å²) in [6.45, 7) is 25.5. The van der Waals surface area contributed by atoms with Gasteiger partial charge in [0.05, 0.1) is 0 Å². The monoisotopic (exact) mass is 402 g/mol. The normalized spacial score (nSPS) is 24.9. The number of likely N-dealkylation sites (N-methyl/N-ethyl adjacent to an activating group) is 4. The SMILES string of the molecule is CCN1CCN(CC)C(C)CN(CC)CC(Cc2ccc(C)cc2)N(CC)CC1. The minimum Gasteiger partial charge on any atom is -0.301 e. The molecule has 1 heterocycles. The number of benzene rings is 1. The van der Waals surface area contributed by atoms with Crippen molar-refractivity contribution in [3.63, 3.8) is 0 Å². The average Bonchev–Trinajstić information content (AvgIpc) is 2.72. The number of hydrogen-bond donors (Lipinski definition) is 0. The summed E-state index contributed by atoms with van der Waals surface area (Å²) >= 11 is 0. The van der Waals surface area contributed by atoms with E-state index >= 15 is 0 Å². The quantitative estimate of drug-likeness (QED) is 0.721. The molecule has 2 unspecified atom stereocenters. The standard InChI is InChI=1S/C25H46N4/c1-7-26-15-17-28(9-3)23(6)20-27(8-2)21-25(29(10-4)18-16-26)19-24-13-11-22(5)12-14-24/h11-14,23,25H,7-10,15-21H2,1-6H3. The molecule has 0 radical (unpaired) electrons. The highest BCUT2D eigenvalue weighted by Crippen LogP contribution is 2.14. The Balaban J connectivity index is 2.23. The van der Waals surface area contributed by atoms with Crippen LogP contribution in [0.4, 0.5) is 0 Å². The zero-order valence-corrected chi connectivity index (χ0v) is 20.0. The van der Waals surface area contributed by atoms with Crippen molar-refractivity contribution >= 4 is 0 Å². The largest absolute Gasteiger partial charge is 0.301 e. The van der Waals surface area contributed by atoms with Gasteiger partial charge in [-0.1, -0.05) is 57.5 Å². The Morgan fingerprint density at radius 1 is 0.724 bits per heavy atom. The summed E-state index contributed by atoms with van der Waals surface area (Å²) in [5.41, 5.74) is 2.82. The van der Waals surface area contributed by atoms with Crippen molar-refractivity contribution in [3.8, 4) is 0 Å². The molecule has 2 atom stereocenters. The molecule has 4 heteroatoms. The van der Waals surface area contributed by atoms with Gasteiger partial charge in [0.15, 0.2) is 0 Å². The van der Waals surface area contributed by atoms with E-state index in [-0.39, 0.29) is 0 Å². The van der Waals surface area contributed by atoms with Gasteiger partial charge < -0.3 is 9.80 Å². The lowest BCUT2D eigenvalue weighted by molar-refractivity contribution is 0.0849. The van der Waals surface area contributed by atoms with Crippen molar-refractivity contribution < 1.29 is 0 Å². The van der Waals surface area contributed by atoms with Gasteiger partial charge in [-0.2, -0.15) is 0 Å². The van der Waals surface area contributed by atoms with Crippen LogP contribution in [-0.4, -0.2) is 97.1 Å². The topological polar surface area (TPSA) is 13.0 Å². The molecule has 1 aromatic carbocycles. The molecule has 0 saturated carbocycles. The maximum Gasteiger partial charge on any atom is 0.0263 e. The second-order valence-electron chi connectivity index (χ2n) is 8.74. The molecule has 0 aromatic heterocycles. The molecule has 166 valence electrons. The van der Waals surface area contributed by atoms with Crippen molar-refractivity contribution in [1.29, 1.82) is 0 Å². The van der Waals surface area contributed by atoms with Gasteiger partial charge in [0, 0.05) is 51.4 Å². The molecule has 1 aliphatic heterocycles. The van der Waals surface area contributed by atoms with Gasteiger partial charge in [0.1, 0.15) is 0 Å². The Bertz CT molecular complexity index is 558. The van der Waals surface area contributed by atoms with Crippen molar-refractivity contribution in [2.75, 3.05) is 65.4 Å². The van der Waals surface area contributed by atoms with Gasteiger partial charge >= 0.3 is 0 Å². The molecule has 1 aliphatic rings. The third kappa shape index (κ3) is 7.67. The minimum absolute atomic E-state index is 0.572. The first-order valence-corrected chi connectivity index (χ1v) is 12.0. The summed E-state index contributed by atoms with van der Waals surface area (Å²) in [7, 11) is 0. The van der Waals surface area contributed by atoms with Crippen LogP contribution in [0, 0.1) is 6.92 Å². The lowest BCUT2D eigenvalue weighted by Gasteiger charge is -2.40. The van der Waals surface area contributed by atoms with E-state index in [0.29, 0.717) is 12.1 Å². The van der Waals surface area contributed by atoms with Crippen LogP contribution in [0.25, 0.3) is 0 Å². The lowest BCUT2D eigenvalue weighted by atomic mass is 10.0. The molecular formula is C25H46N4. The van der Waals surface area contributed by atoms with Crippen LogP contribution >= 0.6 is 0 Å². The van der Waals surface area contributed by atoms with Crippen LogP contribution in [0.5, 0.6) is 0 Å². The molecule has 0 amide bonds. The zero-order valence-electron chi connectivity index (χ0n) is 20.0. The van der Waals surface area contributed by atoms with E-state index in [2.05, 4.69) is 85.4 Å². The zero-order chi connectivity index (χ0) is 21.2. The Morgan fingerprint density at radius 3 is 1.86 bits per heavy atom. The first-order chi connectivity index (χ1) is 14.0. The van der Waals surface area contributed by atoms with Gasteiger partial charge in [-0.05, 0) is 52.0 Å². The second kappa shape index (κ2) is 12.7. The Hall–Kier alpha value is -0.940. The van der Waals surface area contributed by atoms with E-state index < -0.39 is 0 Å². The molecule has 0 N–H and O–H groups in total. The minimum atomic E-state index is 0.572. The highest BCUT2D eigenvalue weighted by atomic mass is 15.3. The molecule has 29 heavy (non-hydrogen) atoms. The van der Waals surface area contributed by atoms with Crippen LogP contribution in [0.2, 0.25) is 0 Å². The third-order valence-corrected chi connectivity index (χ3v) is 6.84. The predicted molar refractivity (Wildman–Crippen MR) is 127 cm³/mol. The molecule has 0 spiro atoms. The fourth-order valence-corrected chi connectivity index (χ4v) is 4.68. The van der Waals surface area contributed by atoms with E-state index in [4.69, 9.17) is 0 Å². The van der Waals surface area contributed by atoms with Crippen LogP contribution in [0.1, 0.15) is 45.7 Å². The fourth-order valence-electron chi connectivity index (χ4n) is 4.68. The molecular weight excluding hydrogens is 356 g/mol. The third-order valence-electron chi connectivity index (χ3n) is 6.84. The summed E-state index contributed by atoms with van der Waals surface area (Å²) in [5, 5.41) is 0. The molecule has 1 aromatic rings. The maximum absolute atomic E-state index is 2.73. The maximum atomic E-state index is 2.73. The molecule has 0 bridgehead atoms. The summed E-state index contributed by atoms with van der Waals surface area (Å²) in [6.07, 6.45) is 1.14. The Labute approximate surface area is 180 Å². The first kappa shape index (κ1) is 24.3. The summed E-state index contributed by atoms with van der Waals surface area (Å²) in [6, 6.07) is 10.4. The number of nitrogens with zero attached hydrogens (tertiary/aromatic N) is 4. The van der Waals surface area contributed by atoms with Gasteiger partial charge in [0.25, 0.3) is 0 Å². The van der Waals surface area contributed by atoms with Gasteiger partial charge in [-0.3, -0.25) is 9.80 Å². The summed E-state index contributed by atoms with van der Waals surface area (Å²) in [5.74, 6) is 0. The first-order valence-electron chi connectivity index (χ1n) is 12.0.